The Hall–Kier alpha value is -0.180. The van der Waals surface area contributed by atoms with Crippen LogP contribution in [-0.2, 0) is 19.9 Å². The zero-order valence-corrected chi connectivity index (χ0v) is 11.8. The average Bonchev–Trinajstić information content (AvgIpc) is 2.20. The first-order valence-electron chi connectivity index (χ1n) is 5.57. The largest absolute Gasteiger partial charge is 0.313 e. The molecule has 0 saturated carbocycles. The number of nitrogens with zero attached hydrogens (tertiary/aromatic N) is 1. The maximum atomic E-state index is 11.5. The number of sulfonamides is 1. The summed E-state index contributed by atoms with van der Waals surface area (Å²) in [5.41, 5.74) is 0. The van der Waals surface area contributed by atoms with Gasteiger partial charge in [-0.1, -0.05) is 0 Å². The molecule has 0 aromatic heterocycles. The van der Waals surface area contributed by atoms with E-state index in [9.17, 15) is 16.8 Å². The predicted molar refractivity (Wildman–Crippen MR) is 67.2 cm³/mol. The van der Waals surface area contributed by atoms with Gasteiger partial charge in [0.15, 0.2) is 0 Å². The Bertz CT molecular complexity index is 428. The van der Waals surface area contributed by atoms with E-state index in [-0.39, 0.29) is 23.3 Å². The number of nitrogens with one attached hydrogen (secondary N) is 1. The molecule has 17 heavy (non-hydrogen) atoms. The van der Waals surface area contributed by atoms with E-state index in [2.05, 4.69) is 5.32 Å². The zero-order chi connectivity index (χ0) is 13.1. The third-order valence-corrected chi connectivity index (χ3v) is 6.45. The van der Waals surface area contributed by atoms with E-state index in [0.29, 0.717) is 19.4 Å². The van der Waals surface area contributed by atoms with Crippen molar-refractivity contribution in [1.82, 2.24) is 9.62 Å². The molecule has 1 rings (SSSR count). The van der Waals surface area contributed by atoms with Gasteiger partial charge in [0.25, 0.3) is 0 Å². The second-order valence-corrected chi connectivity index (χ2v) is 9.08. The molecule has 1 saturated heterocycles. The molecule has 0 amide bonds. The van der Waals surface area contributed by atoms with Crippen LogP contribution >= 0.6 is 0 Å². The fraction of sp³-hybridized carbons (Fsp3) is 1.00. The van der Waals surface area contributed by atoms with E-state index in [1.165, 1.54) is 18.4 Å². The van der Waals surface area contributed by atoms with E-state index in [1.807, 2.05) is 0 Å². The lowest BCUT2D eigenvalue weighted by molar-refractivity contribution is 0.468. The van der Waals surface area contributed by atoms with E-state index in [0.717, 1.165) is 0 Å². The Morgan fingerprint density at radius 3 is 2.24 bits per heavy atom. The molecule has 102 valence electrons. The maximum Gasteiger partial charge on any atom is 0.214 e. The molecule has 6 nitrogen and oxygen atoms in total. The van der Waals surface area contributed by atoms with Gasteiger partial charge in [-0.25, -0.2) is 21.1 Å². The smallest absolute Gasteiger partial charge is 0.214 e. The number of hydrogen-bond donors (Lipinski definition) is 1. The van der Waals surface area contributed by atoms with Crippen molar-refractivity contribution in [3.8, 4) is 0 Å². The highest BCUT2D eigenvalue weighted by molar-refractivity contribution is 7.91. The fourth-order valence-corrected chi connectivity index (χ4v) is 3.90. The molecule has 0 unspecified atom stereocenters. The van der Waals surface area contributed by atoms with Crippen molar-refractivity contribution in [2.24, 2.45) is 0 Å². The SMILES string of the molecule is CN(C)S(=O)(=O)CCNC1CCS(=O)(=O)CC1. The molecule has 1 heterocycles. The van der Waals surface area contributed by atoms with Crippen LogP contribution in [-0.4, -0.2) is 65.1 Å². The first kappa shape index (κ1) is 14.9. The summed E-state index contributed by atoms with van der Waals surface area (Å²) in [5, 5.41) is 3.10. The van der Waals surface area contributed by atoms with Crippen molar-refractivity contribution in [1.29, 1.82) is 0 Å². The second-order valence-electron chi connectivity index (χ2n) is 4.48. The molecule has 1 N–H and O–H groups in total. The molecule has 0 aliphatic carbocycles. The minimum Gasteiger partial charge on any atom is -0.313 e. The summed E-state index contributed by atoms with van der Waals surface area (Å²) in [4.78, 5) is 0. The molecule has 0 spiro atoms. The van der Waals surface area contributed by atoms with Gasteiger partial charge in [-0.15, -0.1) is 0 Å². The van der Waals surface area contributed by atoms with Gasteiger partial charge in [0, 0.05) is 26.7 Å². The molecule has 1 fully saturated rings. The fourth-order valence-electron chi connectivity index (χ4n) is 1.67. The topological polar surface area (TPSA) is 83.6 Å². The summed E-state index contributed by atoms with van der Waals surface area (Å²) in [6.45, 7) is 0.366. The lowest BCUT2D eigenvalue weighted by Crippen LogP contribution is -2.40. The third-order valence-electron chi connectivity index (χ3n) is 2.90. The second kappa shape index (κ2) is 5.64. The molecular weight excluding hydrogens is 264 g/mol. The highest BCUT2D eigenvalue weighted by Gasteiger charge is 2.23. The van der Waals surface area contributed by atoms with E-state index >= 15 is 0 Å². The lowest BCUT2D eigenvalue weighted by Gasteiger charge is -2.23. The third kappa shape index (κ3) is 4.90. The molecular formula is C9H20N2O4S2. The van der Waals surface area contributed by atoms with Crippen LogP contribution in [0.25, 0.3) is 0 Å². The van der Waals surface area contributed by atoms with Crippen molar-refractivity contribution < 1.29 is 16.8 Å². The minimum absolute atomic E-state index is 0.0449. The van der Waals surface area contributed by atoms with Crippen LogP contribution in [0.5, 0.6) is 0 Å². The summed E-state index contributed by atoms with van der Waals surface area (Å²) >= 11 is 0. The molecule has 0 radical (unpaired) electrons. The van der Waals surface area contributed by atoms with Crippen molar-refractivity contribution in [2.45, 2.75) is 18.9 Å². The van der Waals surface area contributed by atoms with Crippen molar-refractivity contribution >= 4 is 19.9 Å². The van der Waals surface area contributed by atoms with Crippen LogP contribution in [0.1, 0.15) is 12.8 Å². The van der Waals surface area contributed by atoms with Crippen LogP contribution in [0.15, 0.2) is 0 Å². The van der Waals surface area contributed by atoms with Crippen LogP contribution < -0.4 is 5.32 Å². The van der Waals surface area contributed by atoms with Crippen LogP contribution in [0, 0.1) is 0 Å². The van der Waals surface area contributed by atoms with Gasteiger partial charge < -0.3 is 5.32 Å². The van der Waals surface area contributed by atoms with Crippen molar-refractivity contribution in [3.63, 3.8) is 0 Å². The number of rotatable bonds is 5. The summed E-state index contributed by atoms with van der Waals surface area (Å²) in [6, 6.07) is 0.121. The monoisotopic (exact) mass is 284 g/mol. The normalized spacial score (nSPS) is 21.8. The molecule has 0 bridgehead atoms. The molecule has 0 aromatic rings. The highest BCUT2D eigenvalue weighted by Crippen LogP contribution is 2.11. The molecule has 0 atom stereocenters. The van der Waals surface area contributed by atoms with Crippen LogP contribution in [0.3, 0.4) is 0 Å². The minimum atomic E-state index is -3.17. The quantitative estimate of drug-likeness (QED) is 0.703. The van der Waals surface area contributed by atoms with Crippen molar-refractivity contribution in [3.05, 3.63) is 0 Å². The Morgan fingerprint density at radius 1 is 1.24 bits per heavy atom. The van der Waals surface area contributed by atoms with Gasteiger partial charge in [-0.2, -0.15) is 0 Å². The van der Waals surface area contributed by atoms with Gasteiger partial charge in [0.05, 0.1) is 17.3 Å². The zero-order valence-electron chi connectivity index (χ0n) is 10.2. The van der Waals surface area contributed by atoms with E-state index in [4.69, 9.17) is 0 Å². The first-order valence-corrected chi connectivity index (χ1v) is 9.00. The molecule has 8 heteroatoms. The number of sulfone groups is 1. The number of hydrogen-bond acceptors (Lipinski definition) is 5. The maximum absolute atomic E-state index is 11.5. The Kier molecular flexibility index (Phi) is 4.94. The van der Waals surface area contributed by atoms with Gasteiger partial charge in [-0.3, -0.25) is 0 Å². The van der Waals surface area contributed by atoms with E-state index < -0.39 is 19.9 Å². The van der Waals surface area contributed by atoms with Crippen LogP contribution in [0.2, 0.25) is 0 Å². The van der Waals surface area contributed by atoms with Gasteiger partial charge in [-0.05, 0) is 12.8 Å². The predicted octanol–water partition coefficient (Wildman–Crippen LogP) is -0.955. The van der Waals surface area contributed by atoms with Crippen LogP contribution in [0.4, 0.5) is 0 Å². The average molecular weight is 284 g/mol. The summed E-state index contributed by atoms with van der Waals surface area (Å²) in [6.07, 6.45) is 1.15. The summed E-state index contributed by atoms with van der Waals surface area (Å²) in [5.74, 6) is 0.444. The summed E-state index contributed by atoms with van der Waals surface area (Å²) in [7, 11) is -3.01. The first-order chi connectivity index (χ1) is 7.73. The highest BCUT2D eigenvalue weighted by atomic mass is 32.2. The lowest BCUT2D eigenvalue weighted by atomic mass is 10.1. The standard InChI is InChI=1S/C9H20N2O4S2/c1-11(2)17(14,15)8-5-10-9-3-6-16(12,13)7-4-9/h9-10H,3-8H2,1-2H3. The van der Waals surface area contributed by atoms with Gasteiger partial charge in [0.1, 0.15) is 9.84 Å². The summed E-state index contributed by atoms with van der Waals surface area (Å²) < 4.78 is 46.5. The Labute approximate surface area is 103 Å². The Balaban J connectivity index is 2.30. The van der Waals surface area contributed by atoms with E-state index in [1.54, 1.807) is 0 Å². The Morgan fingerprint density at radius 2 is 1.76 bits per heavy atom. The van der Waals surface area contributed by atoms with Crippen molar-refractivity contribution in [2.75, 3.05) is 37.9 Å². The molecule has 0 aromatic carbocycles. The van der Waals surface area contributed by atoms with Gasteiger partial charge in [0.2, 0.25) is 10.0 Å². The molecule has 1 aliphatic rings. The van der Waals surface area contributed by atoms with Gasteiger partial charge >= 0.3 is 0 Å². The molecule has 1 aliphatic heterocycles.